The largest absolute Gasteiger partial charge is 0.399 e. The van der Waals surface area contributed by atoms with Crippen LogP contribution in [-0.4, -0.2) is 13.7 Å². The van der Waals surface area contributed by atoms with Gasteiger partial charge in [0.2, 0.25) is 0 Å². The second kappa shape index (κ2) is 5.26. The first-order valence-corrected chi connectivity index (χ1v) is 7.96. The Balaban J connectivity index is 2.16. The molecule has 1 fully saturated rings. The molecule has 1 aliphatic rings. The SMILES string of the molecule is Nc1ccc(CS(=O)(=O)C2CCCCC2)c(F)c1. The highest BCUT2D eigenvalue weighted by molar-refractivity contribution is 7.91. The third kappa shape index (κ3) is 3.02. The van der Waals surface area contributed by atoms with Crippen LogP contribution >= 0.6 is 0 Å². The van der Waals surface area contributed by atoms with E-state index in [1.807, 2.05) is 0 Å². The summed E-state index contributed by atoms with van der Waals surface area (Å²) in [5.41, 5.74) is 5.97. The summed E-state index contributed by atoms with van der Waals surface area (Å²) in [4.78, 5) is 0. The summed E-state index contributed by atoms with van der Waals surface area (Å²) in [7, 11) is -3.25. The van der Waals surface area contributed by atoms with E-state index in [0.717, 1.165) is 19.3 Å². The van der Waals surface area contributed by atoms with Crippen LogP contribution in [0.5, 0.6) is 0 Å². The van der Waals surface area contributed by atoms with E-state index in [1.54, 1.807) is 0 Å². The van der Waals surface area contributed by atoms with Crippen LogP contribution in [0.3, 0.4) is 0 Å². The molecule has 0 aromatic heterocycles. The van der Waals surface area contributed by atoms with Crippen molar-refractivity contribution in [3.8, 4) is 0 Å². The number of sulfone groups is 1. The molecule has 0 bridgehead atoms. The highest BCUT2D eigenvalue weighted by atomic mass is 32.2. The van der Waals surface area contributed by atoms with E-state index in [4.69, 9.17) is 5.73 Å². The molecular weight excluding hydrogens is 253 g/mol. The molecule has 0 saturated heterocycles. The molecule has 100 valence electrons. The Morgan fingerprint density at radius 3 is 2.50 bits per heavy atom. The van der Waals surface area contributed by atoms with Gasteiger partial charge < -0.3 is 5.73 Å². The summed E-state index contributed by atoms with van der Waals surface area (Å²) in [5.74, 6) is -0.751. The minimum atomic E-state index is -3.25. The van der Waals surface area contributed by atoms with E-state index in [9.17, 15) is 12.8 Å². The summed E-state index contributed by atoms with van der Waals surface area (Å²) in [5, 5.41) is -0.303. The van der Waals surface area contributed by atoms with Crippen molar-refractivity contribution in [1.82, 2.24) is 0 Å². The van der Waals surface area contributed by atoms with Crippen LogP contribution in [-0.2, 0) is 15.6 Å². The van der Waals surface area contributed by atoms with E-state index >= 15 is 0 Å². The van der Waals surface area contributed by atoms with Gasteiger partial charge in [0.05, 0.1) is 11.0 Å². The molecular formula is C13H18FNO2S. The maximum Gasteiger partial charge on any atom is 0.157 e. The van der Waals surface area contributed by atoms with Gasteiger partial charge in [0.15, 0.2) is 9.84 Å². The Bertz CT molecular complexity index is 522. The molecule has 0 aliphatic heterocycles. The molecule has 1 aliphatic carbocycles. The minimum absolute atomic E-state index is 0.217. The molecule has 1 saturated carbocycles. The first-order valence-electron chi connectivity index (χ1n) is 6.24. The van der Waals surface area contributed by atoms with Gasteiger partial charge in [0.25, 0.3) is 0 Å². The smallest absolute Gasteiger partial charge is 0.157 e. The Hall–Kier alpha value is -1.10. The fourth-order valence-electron chi connectivity index (χ4n) is 2.44. The number of hydrogen-bond donors (Lipinski definition) is 1. The molecule has 18 heavy (non-hydrogen) atoms. The fraction of sp³-hybridized carbons (Fsp3) is 0.538. The third-order valence-corrected chi connectivity index (χ3v) is 5.69. The van der Waals surface area contributed by atoms with Crippen molar-refractivity contribution in [2.45, 2.75) is 43.1 Å². The maximum absolute atomic E-state index is 13.6. The van der Waals surface area contributed by atoms with Gasteiger partial charge in [-0.1, -0.05) is 25.3 Å². The van der Waals surface area contributed by atoms with E-state index in [0.29, 0.717) is 18.5 Å². The van der Waals surface area contributed by atoms with Crippen LogP contribution in [0.2, 0.25) is 0 Å². The van der Waals surface area contributed by atoms with Crippen molar-refractivity contribution >= 4 is 15.5 Å². The lowest BCUT2D eigenvalue weighted by Gasteiger charge is -2.21. The molecule has 1 aromatic rings. The minimum Gasteiger partial charge on any atom is -0.399 e. The topological polar surface area (TPSA) is 60.2 Å². The molecule has 0 atom stereocenters. The van der Waals surface area contributed by atoms with Gasteiger partial charge in [-0.05, 0) is 25.0 Å². The van der Waals surface area contributed by atoms with Gasteiger partial charge in [-0.2, -0.15) is 0 Å². The van der Waals surface area contributed by atoms with Crippen LogP contribution < -0.4 is 5.73 Å². The first kappa shape index (κ1) is 13.3. The van der Waals surface area contributed by atoms with E-state index in [-0.39, 0.29) is 16.6 Å². The van der Waals surface area contributed by atoms with Gasteiger partial charge in [-0.25, -0.2) is 12.8 Å². The summed E-state index contributed by atoms with van der Waals surface area (Å²) >= 11 is 0. The molecule has 0 spiro atoms. The standard InChI is InChI=1S/C13H18FNO2S/c14-13-8-11(15)7-6-10(13)9-18(16,17)12-4-2-1-3-5-12/h6-8,12H,1-5,9,15H2. The lowest BCUT2D eigenvalue weighted by atomic mass is 10.0. The number of nitrogen functional groups attached to an aromatic ring is 1. The van der Waals surface area contributed by atoms with E-state index in [2.05, 4.69) is 0 Å². The molecule has 0 amide bonds. The molecule has 0 radical (unpaired) electrons. The van der Waals surface area contributed by atoms with E-state index < -0.39 is 15.7 Å². The zero-order valence-corrected chi connectivity index (χ0v) is 11.0. The second-order valence-corrected chi connectivity index (χ2v) is 7.20. The molecule has 1 aromatic carbocycles. The van der Waals surface area contributed by atoms with Gasteiger partial charge in [-0.15, -0.1) is 0 Å². The summed E-state index contributed by atoms with van der Waals surface area (Å²) in [6.45, 7) is 0. The predicted molar refractivity (Wildman–Crippen MR) is 70.3 cm³/mol. The number of rotatable bonds is 3. The highest BCUT2D eigenvalue weighted by Crippen LogP contribution is 2.27. The highest BCUT2D eigenvalue weighted by Gasteiger charge is 2.28. The Labute approximate surface area is 107 Å². The predicted octanol–water partition coefficient (Wildman–Crippen LogP) is 2.66. The molecule has 2 N–H and O–H groups in total. The van der Waals surface area contributed by atoms with Crippen LogP contribution in [0.25, 0.3) is 0 Å². The molecule has 0 heterocycles. The maximum atomic E-state index is 13.6. The summed E-state index contributed by atoms with van der Waals surface area (Å²) in [6.07, 6.45) is 4.42. The van der Waals surface area contributed by atoms with Crippen molar-refractivity contribution in [2.75, 3.05) is 5.73 Å². The molecule has 2 rings (SSSR count). The Kier molecular flexibility index (Phi) is 3.90. The molecule has 0 unspecified atom stereocenters. The summed E-state index contributed by atoms with van der Waals surface area (Å²) < 4.78 is 38.0. The van der Waals surface area contributed by atoms with Gasteiger partial charge >= 0.3 is 0 Å². The normalized spacial score (nSPS) is 17.8. The number of halogens is 1. The van der Waals surface area contributed by atoms with Crippen LogP contribution in [0.4, 0.5) is 10.1 Å². The van der Waals surface area contributed by atoms with Crippen molar-refractivity contribution in [2.24, 2.45) is 0 Å². The van der Waals surface area contributed by atoms with Crippen molar-refractivity contribution in [3.63, 3.8) is 0 Å². The monoisotopic (exact) mass is 271 g/mol. The zero-order valence-electron chi connectivity index (χ0n) is 10.2. The Morgan fingerprint density at radius 1 is 1.22 bits per heavy atom. The number of hydrogen-bond acceptors (Lipinski definition) is 3. The van der Waals surface area contributed by atoms with Gasteiger partial charge in [-0.3, -0.25) is 0 Å². The fourth-order valence-corrected chi connectivity index (χ4v) is 4.39. The van der Waals surface area contributed by atoms with Crippen LogP contribution in [0, 0.1) is 5.82 Å². The van der Waals surface area contributed by atoms with Gasteiger partial charge in [0.1, 0.15) is 5.82 Å². The zero-order chi connectivity index (χ0) is 13.2. The average molecular weight is 271 g/mol. The Morgan fingerprint density at radius 2 is 1.89 bits per heavy atom. The summed E-state index contributed by atoms with van der Waals surface area (Å²) in [6, 6.07) is 4.17. The third-order valence-electron chi connectivity index (χ3n) is 3.49. The number of anilines is 1. The second-order valence-electron chi connectivity index (χ2n) is 4.92. The number of nitrogens with two attached hydrogens (primary N) is 1. The van der Waals surface area contributed by atoms with Gasteiger partial charge in [0, 0.05) is 11.3 Å². The average Bonchev–Trinajstić information content (AvgIpc) is 2.34. The first-order chi connectivity index (χ1) is 8.49. The van der Waals surface area contributed by atoms with Crippen molar-refractivity contribution < 1.29 is 12.8 Å². The lowest BCUT2D eigenvalue weighted by molar-refractivity contribution is 0.482. The van der Waals surface area contributed by atoms with E-state index in [1.165, 1.54) is 18.2 Å². The van der Waals surface area contributed by atoms with Crippen LogP contribution in [0.15, 0.2) is 18.2 Å². The molecule has 5 heteroatoms. The lowest BCUT2D eigenvalue weighted by Crippen LogP contribution is -2.25. The quantitative estimate of drug-likeness (QED) is 0.860. The number of benzene rings is 1. The van der Waals surface area contributed by atoms with Crippen molar-refractivity contribution in [1.29, 1.82) is 0 Å². The molecule has 3 nitrogen and oxygen atoms in total. The van der Waals surface area contributed by atoms with Crippen molar-refractivity contribution in [3.05, 3.63) is 29.6 Å². The van der Waals surface area contributed by atoms with Crippen LogP contribution in [0.1, 0.15) is 37.7 Å².